The number of nitrogens with zero attached hydrogens (tertiary/aromatic N) is 1. The summed E-state index contributed by atoms with van der Waals surface area (Å²) in [7, 11) is -3.38. The summed E-state index contributed by atoms with van der Waals surface area (Å²) < 4.78 is 23.2. The minimum absolute atomic E-state index is 0.0419. The Hall–Kier alpha value is -0.940. The van der Waals surface area contributed by atoms with Crippen LogP contribution in [0.1, 0.15) is 6.92 Å². The van der Waals surface area contributed by atoms with Crippen molar-refractivity contribution in [1.29, 1.82) is 0 Å². The molecule has 1 aromatic heterocycles. The van der Waals surface area contributed by atoms with Crippen molar-refractivity contribution in [1.82, 2.24) is 4.98 Å². The van der Waals surface area contributed by atoms with Crippen LogP contribution in [0.4, 0.5) is 0 Å². The van der Waals surface area contributed by atoms with Crippen LogP contribution < -0.4 is 0 Å². The molecule has 0 aliphatic rings. The van der Waals surface area contributed by atoms with Gasteiger partial charge in [-0.25, -0.2) is 18.5 Å². The van der Waals surface area contributed by atoms with Gasteiger partial charge in [0.05, 0.1) is 12.4 Å². The fourth-order valence-electron chi connectivity index (χ4n) is 1.04. The van der Waals surface area contributed by atoms with Gasteiger partial charge in [-0.05, 0) is 18.1 Å². The van der Waals surface area contributed by atoms with Crippen LogP contribution in [-0.2, 0) is 14.9 Å². The Morgan fingerprint density at radius 3 is 2.64 bits per heavy atom. The molecule has 1 aromatic rings. The predicted octanol–water partition coefficient (Wildman–Crippen LogP) is 0.922. The molecule has 0 N–H and O–H groups in total. The van der Waals surface area contributed by atoms with E-state index in [0.29, 0.717) is 0 Å². The molecule has 1 rings (SSSR count). The first kappa shape index (κ1) is 11.1. The Morgan fingerprint density at radius 2 is 2.14 bits per heavy atom. The molecule has 0 saturated carbocycles. The van der Waals surface area contributed by atoms with Crippen molar-refractivity contribution in [2.75, 3.05) is 12.4 Å². The van der Waals surface area contributed by atoms with E-state index in [4.69, 9.17) is 0 Å². The number of sulfone groups is 1. The topological polar surface area (TPSA) is 66.9 Å². The second-order valence-corrected chi connectivity index (χ2v) is 5.20. The highest BCUT2D eigenvalue weighted by atomic mass is 32.2. The van der Waals surface area contributed by atoms with Crippen molar-refractivity contribution in [3.8, 4) is 0 Å². The van der Waals surface area contributed by atoms with Gasteiger partial charge in [-0.2, -0.15) is 0 Å². The first-order chi connectivity index (χ1) is 6.56. The van der Waals surface area contributed by atoms with Crippen molar-refractivity contribution in [2.45, 2.75) is 11.9 Å². The zero-order valence-corrected chi connectivity index (χ0v) is 8.70. The van der Waals surface area contributed by atoms with Gasteiger partial charge in [-0.15, -0.1) is 0 Å². The summed E-state index contributed by atoms with van der Waals surface area (Å²) in [6.45, 7) is 1.24. The Labute approximate surface area is 83.5 Å². The molecule has 0 spiro atoms. The Balaban J connectivity index is 2.87. The predicted molar refractivity (Wildman–Crippen MR) is 51.0 cm³/mol. The van der Waals surface area contributed by atoms with E-state index in [-0.39, 0.29) is 23.3 Å². The molecule has 0 aliphatic heterocycles. The number of hydrogen-bond donors (Lipinski definition) is 0. The van der Waals surface area contributed by atoms with Crippen LogP contribution in [0, 0.1) is 5.92 Å². The largest absolute Gasteiger partial charge is 0.245 e. The summed E-state index contributed by atoms with van der Waals surface area (Å²) in [5, 5.41) is 10.5. The van der Waals surface area contributed by atoms with Crippen molar-refractivity contribution < 1.29 is 13.5 Å². The lowest BCUT2D eigenvalue weighted by atomic mass is 10.2. The van der Waals surface area contributed by atoms with Crippen molar-refractivity contribution in [2.24, 2.45) is 5.92 Å². The molecule has 0 amide bonds. The summed E-state index contributed by atoms with van der Waals surface area (Å²) >= 11 is 0. The number of pyridine rings is 1. The maximum absolute atomic E-state index is 11.6. The van der Waals surface area contributed by atoms with Crippen molar-refractivity contribution >= 4 is 9.84 Å². The zero-order chi connectivity index (χ0) is 10.6. The standard InChI is InChI=1S/C9H12NO3S/c1-8(6-11)7-14(12,13)9-4-2-3-5-10-9/h2-5,8H,6-7H2,1H3. The summed E-state index contributed by atoms with van der Waals surface area (Å²) in [4.78, 5) is 3.75. The van der Waals surface area contributed by atoms with Crippen LogP contribution in [0.2, 0.25) is 0 Å². The van der Waals surface area contributed by atoms with Crippen LogP contribution in [0.15, 0.2) is 29.4 Å². The van der Waals surface area contributed by atoms with Crippen LogP contribution >= 0.6 is 0 Å². The fourth-order valence-corrected chi connectivity index (χ4v) is 2.56. The smallest absolute Gasteiger partial charge is 0.195 e. The van der Waals surface area contributed by atoms with Crippen LogP contribution in [-0.4, -0.2) is 25.8 Å². The van der Waals surface area contributed by atoms with Crippen molar-refractivity contribution in [3.63, 3.8) is 0 Å². The second kappa shape index (κ2) is 4.52. The van der Waals surface area contributed by atoms with Gasteiger partial charge in [0, 0.05) is 6.20 Å². The molecule has 0 bridgehead atoms. The summed E-state index contributed by atoms with van der Waals surface area (Å²) in [6, 6.07) is 4.70. The average molecular weight is 214 g/mol. The van der Waals surface area contributed by atoms with Gasteiger partial charge in [0.15, 0.2) is 14.9 Å². The van der Waals surface area contributed by atoms with E-state index in [1.54, 1.807) is 19.1 Å². The van der Waals surface area contributed by atoms with Crippen LogP contribution in [0.5, 0.6) is 0 Å². The van der Waals surface area contributed by atoms with Gasteiger partial charge in [0.1, 0.15) is 0 Å². The average Bonchev–Trinajstić information content (AvgIpc) is 2.18. The normalized spacial score (nSPS) is 13.9. The quantitative estimate of drug-likeness (QED) is 0.748. The highest BCUT2D eigenvalue weighted by Crippen LogP contribution is 2.10. The summed E-state index contributed by atoms with van der Waals surface area (Å²) in [5.41, 5.74) is 0. The van der Waals surface area contributed by atoms with E-state index in [0.717, 1.165) is 0 Å². The van der Waals surface area contributed by atoms with Crippen LogP contribution in [0.25, 0.3) is 0 Å². The zero-order valence-electron chi connectivity index (χ0n) is 7.88. The molecule has 77 valence electrons. The number of aromatic nitrogens is 1. The molecule has 1 atom stereocenters. The lowest BCUT2D eigenvalue weighted by Gasteiger charge is -2.06. The van der Waals surface area contributed by atoms with Crippen molar-refractivity contribution in [3.05, 3.63) is 24.4 Å². The van der Waals surface area contributed by atoms with E-state index in [2.05, 4.69) is 4.98 Å². The maximum atomic E-state index is 11.6. The number of hydrogen-bond acceptors (Lipinski definition) is 3. The molecule has 1 radical (unpaired) electrons. The molecule has 0 aliphatic carbocycles. The molecular weight excluding hydrogens is 202 g/mol. The Morgan fingerprint density at radius 1 is 1.43 bits per heavy atom. The van der Waals surface area contributed by atoms with Gasteiger partial charge in [-0.3, -0.25) is 0 Å². The van der Waals surface area contributed by atoms with E-state index >= 15 is 0 Å². The molecule has 14 heavy (non-hydrogen) atoms. The third-order valence-electron chi connectivity index (χ3n) is 1.74. The second-order valence-electron chi connectivity index (χ2n) is 3.22. The third-order valence-corrected chi connectivity index (χ3v) is 3.63. The molecule has 0 saturated heterocycles. The Kier molecular flexibility index (Phi) is 3.60. The SMILES string of the molecule is CC(C[O])CS(=O)(=O)c1ccccn1. The van der Waals surface area contributed by atoms with Gasteiger partial charge in [0.25, 0.3) is 0 Å². The van der Waals surface area contributed by atoms with Gasteiger partial charge in [0.2, 0.25) is 0 Å². The molecule has 1 unspecified atom stereocenters. The van der Waals surface area contributed by atoms with E-state index in [9.17, 15) is 13.5 Å². The maximum Gasteiger partial charge on any atom is 0.195 e. The van der Waals surface area contributed by atoms with Crippen LogP contribution in [0.3, 0.4) is 0 Å². The molecule has 4 nitrogen and oxygen atoms in total. The van der Waals surface area contributed by atoms with E-state index < -0.39 is 9.84 Å². The summed E-state index contributed by atoms with van der Waals surface area (Å²) in [6.07, 6.45) is 1.43. The lowest BCUT2D eigenvalue weighted by Crippen LogP contribution is -2.17. The van der Waals surface area contributed by atoms with Gasteiger partial charge in [-0.1, -0.05) is 13.0 Å². The third kappa shape index (κ3) is 2.78. The molecular formula is C9H12NO3S. The first-order valence-corrected chi connectivity index (χ1v) is 5.93. The van der Waals surface area contributed by atoms with Gasteiger partial charge >= 0.3 is 0 Å². The van der Waals surface area contributed by atoms with E-state index in [1.807, 2.05) is 0 Å². The highest BCUT2D eigenvalue weighted by Gasteiger charge is 2.18. The van der Waals surface area contributed by atoms with Gasteiger partial charge < -0.3 is 0 Å². The molecule has 0 aromatic carbocycles. The molecule has 0 fully saturated rings. The molecule has 1 heterocycles. The summed E-state index contributed by atoms with van der Waals surface area (Å²) in [5.74, 6) is -0.505. The minimum atomic E-state index is -3.38. The number of rotatable bonds is 4. The fraction of sp³-hybridized carbons (Fsp3) is 0.444. The minimum Gasteiger partial charge on any atom is -0.245 e. The first-order valence-electron chi connectivity index (χ1n) is 4.28. The van der Waals surface area contributed by atoms with E-state index in [1.165, 1.54) is 12.3 Å². The monoisotopic (exact) mass is 214 g/mol. The highest BCUT2D eigenvalue weighted by molar-refractivity contribution is 7.91. The lowest BCUT2D eigenvalue weighted by molar-refractivity contribution is 0.159. The Bertz CT molecular complexity index is 374. The molecule has 5 heteroatoms.